The van der Waals surface area contributed by atoms with E-state index in [1.54, 1.807) is 19.5 Å². The summed E-state index contributed by atoms with van der Waals surface area (Å²) < 4.78 is 10.9. The minimum Gasteiger partial charge on any atom is -0.493 e. The molecule has 0 saturated carbocycles. The zero-order chi connectivity index (χ0) is 13.7. The van der Waals surface area contributed by atoms with Gasteiger partial charge in [-0.05, 0) is 31.7 Å². The third-order valence-electron chi connectivity index (χ3n) is 2.57. The topological polar surface area (TPSA) is 56.3 Å². The van der Waals surface area contributed by atoms with Crippen molar-refractivity contribution >= 4 is 0 Å². The molecule has 0 aliphatic carbocycles. The fraction of sp³-hybridized carbons (Fsp3) is 0.286. The van der Waals surface area contributed by atoms with E-state index in [4.69, 9.17) is 9.47 Å². The van der Waals surface area contributed by atoms with Crippen molar-refractivity contribution in [1.82, 2.24) is 15.3 Å². The standard InChI is InChI=1S/C14H17N3O2/c1-10-4-5-12(13(6-10)18-3)19-14-9-16-11(7-15-2)8-17-14/h4-6,8-9,15H,7H2,1-3H3. The van der Waals surface area contributed by atoms with Crippen LogP contribution in [-0.2, 0) is 6.54 Å². The number of benzene rings is 1. The van der Waals surface area contributed by atoms with Gasteiger partial charge >= 0.3 is 0 Å². The maximum atomic E-state index is 5.67. The van der Waals surface area contributed by atoms with Crippen LogP contribution in [0.2, 0.25) is 0 Å². The molecule has 5 nitrogen and oxygen atoms in total. The second-order valence-corrected chi connectivity index (χ2v) is 4.13. The highest BCUT2D eigenvalue weighted by molar-refractivity contribution is 5.44. The molecule has 0 saturated heterocycles. The lowest BCUT2D eigenvalue weighted by atomic mass is 10.2. The average Bonchev–Trinajstić information content (AvgIpc) is 2.43. The number of hydrogen-bond acceptors (Lipinski definition) is 5. The number of methoxy groups -OCH3 is 1. The van der Waals surface area contributed by atoms with Crippen LogP contribution in [0.3, 0.4) is 0 Å². The van der Waals surface area contributed by atoms with Crippen molar-refractivity contribution in [2.45, 2.75) is 13.5 Å². The molecular weight excluding hydrogens is 242 g/mol. The summed E-state index contributed by atoms with van der Waals surface area (Å²) >= 11 is 0. The van der Waals surface area contributed by atoms with Gasteiger partial charge in [0.1, 0.15) is 0 Å². The first-order chi connectivity index (χ1) is 9.22. The Kier molecular flexibility index (Phi) is 4.30. The molecule has 5 heteroatoms. The summed E-state index contributed by atoms with van der Waals surface area (Å²) in [5.41, 5.74) is 1.98. The number of ether oxygens (including phenoxy) is 2. The minimum absolute atomic E-state index is 0.446. The van der Waals surface area contributed by atoms with Gasteiger partial charge < -0.3 is 14.8 Å². The van der Waals surface area contributed by atoms with Crippen LogP contribution in [0.1, 0.15) is 11.3 Å². The lowest BCUT2D eigenvalue weighted by Crippen LogP contribution is -2.07. The van der Waals surface area contributed by atoms with Crippen LogP contribution in [0.4, 0.5) is 0 Å². The van der Waals surface area contributed by atoms with Crippen molar-refractivity contribution in [3.8, 4) is 17.4 Å². The Hall–Kier alpha value is -2.14. The third kappa shape index (κ3) is 3.42. The number of aromatic nitrogens is 2. The summed E-state index contributed by atoms with van der Waals surface area (Å²) in [6.07, 6.45) is 3.29. The van der Waals surface area contributed by atoms with E-state index in [9.17, 15) is 0 Å². The van der Waals surface area contributed by atoms with E-state index in [1.165, 1.54) is 0 Å². The van der Waals surface area contributed by atoms with E-state index < -0.39 is 0 Å². The van der Waals surface area contributed by atoms with Gasteiger partial charge in [0.05, 0.1) is 25.2 Å². The summed E-state index contributed by atoms with van der Waals surface area (Å²) in [7, 11) is 3.48. The Morgan fingerprint density at radius 2 is 2.00 bits per heavy atom. The monoisotopic (exact) mass is 259 g/mol. The molecule has 100 valence electrons. The van der Waals surface area contributed by atoms with Crippen LogP contribution in [0.5, 0.6) is 17.4 Å². The van der Waals surface area contributed by atoms with Crippen LogP contribution >= 0.6 is 0 Å². The maximum absolute atomic E-state index is 5.67. The zero-order valence-corrected chi connectivity index (χ0v) is 11.3. The molecule has 2 rings (SSSR count). The highest BCUT2D eigenvalue weighted by Crippen LogP contribution is 2.30. The molecule has 0 bridgehead atoms. The summed E-state index contributed by atoms with van der Waals surface area (Å²) in [6.45, 7) is 2.68. The van der Waals surface area contributed by atoms with Gasteiger partial charge in [0.2, 0.25) is 5.88 Å². The largest absolute Gasteiger partial charge is 0.493 e. The highest BCUT2D eigenvalue weighted by atomic mass is 16.5. The number of hydrogen-bond donors (Lipinski definition) is 1. The van der Waals surface area contributed by atoms with Crippen LogP contribution in [-0.4, -0.2) is 24.1 Å². The van der Waals surface area contributed by atoms with E-state index in [1.807, 2.05) is 32.2 Å². The van der Waals surface area contributed by atoms with Crippen molar-refractivity contribution in [1.29, 1.82) is 0 Å². The molecule has 0 spiro atoms. The van der Waals surface area contributed by atoms with Crippen molar-refractivity contribution < 1.29 is 9.47 Å². The van der Waals surface area contributed by atoms with Gasteiger partial charge in [0.15, 0.2) is 11.5 Å². The normalized spacial score (nSPS) is 10.3. The Morgan fingerprint density at radius 3 is 2.63 bits per heavy atom. The molecule has 1 heterocycles. The Morgan fingerprint density at radius 1 is 1.16 bits per heavy atom. The molecule has 0 radical (unpaired) electrons. The van der Waals surface area contributed by atoms with Crippen molar-refractivity contribution in [2.75, 3.05) is 14.2 Å². The van der Waals surface area contributed by atoms with E-state index in [0.29, 0.717) is 23.9 Å². The summed E-state index contributed by atoms with van der Waals surface area (Å²) in [6, 6.07) is 5.73. The first kappa shape index (κ1) is 13.3. The van der Waals surface area contributed by atoms with Crippen molar-refractivity contribution in [3.05, 3.63) is 41.9 Å². The smallest absolute Gasteiger partial charge is 0.238 e. The lowest BCUT2D eigenvalue weighted by Gasteiger charge is -2.10. The zero-order valence-electron chi connectivity index (χ0n) is 11.3. The second-order valence-electron chi connectivity index (χ2n) is 4.13. The molecule has 0 fully saturated rings. The Labute approximate surface area is 112 Å². The van der Waals surface area contributed by atoms with Gasteiger partial charge in [-0.15, -0.1) is 0 Å². The van der Waals surface area contributed by atoms with Crippen LogP contribution in [0.15, 0.2) is 30.6 Å². The van der Waals surface area contributed by atoms with Crippen LogP contribution in [0.25, 0.3) is 0 Å². The molecule has 19 heavy (non-hydrogen) atoms. The first-order valence-electron chi connectivity index (χ1n) is 6.01. The van der Waals surface area contributed by atoms with E-state index in [0.717, 1.165) is 11.3 Å². The quantitative estimate of drug-likeness (QED) is 0.893. The lowest BCUT2D eigenvalue weighted by molar-refractivity contribution is 0.373. The molecule has 0 aliphatic rings. The maximum Gasteiger partial charge on any atom is 0.238 e. The molecule has 2 aromatic rings. The van der Waals surface area contributed by atoms with Gasteiger partial charge in [-0.25, -0.2) is 4.98 Å². The summed E-state index contributed by atoms with van der Waals surface area (Å²) in [5, 5.41) is 3.01. The molecule has 1 N–H and O–H groups in total. The fourth-order valence-corrected chi connectivity index (χ4v) is 1.64. The predicted octanol–water partition coefficient (Wildman–Crippen LogP) is 2.31. The first-order valence-corrected chi connectivity index (χ1v) is 6.01. The fourth-order valence-electron chi connectivity index (χ4n) is 1.64. The summed E-state index contributed by atoms with van der Waals surface area (Å²) in [4.78, 5) is 8.46. The molecular formula is C14H17N3O2. The molecule has 0 unspecified atom stereocenters. The number of nitrogens with zero attached hydrogens (tertiary/aromatic N) is 2. The van der Waals surface area contributed by atoms with Crippen LogP contribution < -0.4 is 14.8 Å². The average molecular weight is 259 g/mol. The third-order valence-corrected chi connectivity index (χ3v) is 2.57. The molecule has 0 amide bonds. The number of aryl methyl sites for hydroxylation is 1. The van der Waals surface area contributed by atoms with Crippen molar-refractivity contribution in [2.24, 2.45) is 0 Å². The van der Waals surface area contributed by atoms with Gasteiger partial charge in [-0.1, -0.05) is 6.07 Å². The molecule has 1 aromatic carbocycles. The molecule has 0 atom stereocenters. The van der Waals surface area contributed by atoms with Gasteiger partial charge in [-0.3, -0.25) is 4.98 Å². The van der Waals surface area contributed by atoms with Gasteiger partial charge in [-0.2, -0.15) is 0 Å². The predicted molar refractivity (Wildman–Crippen MR) is 72.6 cm³/mol. The highest BCUT2D eigenvalue weighted by Gasteiger charge is 2.07. The van der Waals surface area contributed by atoms with E-state index in [-0.39, 0.29) is 0 Å². The van der Waals surface area contributed by atoms with Gasteiger partial charge in [0.25, 0.3) is 0 Å². The van der Waals surface area contributed by atoms with E-state index >= 15 is 0 Å². The molecule has 1 aromatic heterocycles. The van der Waals surface area contributed by atoms with Crippen molar-refractivity contribution in [3.63, 3.8) is 0 Å². The second kappa shape index (κ2) is 6.15. The Balaban J connectivity index is 2.16. The van der Waals surface area contributed by atoms with Gasteiger partial charge in [0, 0.05) is 6.54 Å². The van der Waals surface area contributed by atoms with E-state index in [2.05, 4.69) is 15.3 Å². The summed E-state index contributed by atoms with van der Waals surface area (Å²) in [5.74, 6) is 1.76. The van der Waals surface area contributed by atoms with Crippen LogP contribution in [0, 0.1) is 6.92 Å². The SMILES string of the molecule is CNCc1cnc(Oc2ccc(C)cc2OC)cn1. The number of nitrogens with one attached hydrogen (secondary N) is 1. The minimum atomic E-state index is 0.446. The Bertz CT molecular complexity index is 541. The number of rotatable bonds is 5. The molecule has 0 aliphatic heterocycles.